The summed E-state index contributed by atoms with van der Waals surface area (Å²) in [4.78, 5) is 47.6. The number of anilines is 1. The maximum Gasteiger partial charge on any atom is 0.258 e. The lowest BCUT2D eigenvalue weighted by Gasteiger charge is -2.36. The number of rotatable bonds is 7. The van der Waals surface area contributed by atoms with E-state index in [0.717, 1.165) is 19.3 Å². The number of pyridine rings is 1. The van der Waals surface area contributed by atoms with Crippen molar-refractivity contribution in [3.63, 3.8) is 0 Å². The molecule has 0 fully saturated rings. The normalized spacial score (nSPS) is 20.2. The molecule has 0 bridgehead atoms. The van der Waals surface area contributed by atoms with E-state index in [1.165, 1.54) is 0 Å². The average Bonchev–Trinajstić information content (AvgIpc) is 3.06. The minimum atomic E-state index is -0.516. The number of ether oxygens (including phenoxy) is 2. The van der Waals surface area contributed by atoms with Crippen molar-refractivity contribution in [1.29, 1.82) is 0 Å². The number of aromatic nitrogens is 1. The minimum absolute atomic E-state index is 0.108. The van der Waals surface area contributed by atoms with Gasteiger partial charge in [-0.25, -0.2) is 0 Å². The lowest BCUT2D eigenvalue weighted by atomic mass is 10.0. The molecule has 4 atom stereocenters. The van der Waals surface area contributed by atoms with Crippen LogP contribution in [0.15, 0.2) is 73.1 Å². The van der Waals surface area contributed by atoms with E-state index in [1.807, 2.05) is 32.0 Å². The highest BCUT2D eigenvalue weighted by Gasteiger charge is 2.31. The maximum absolute atomic E-state index is 14.3. The van der Waals surface area contributed by atoms with Gasteiger partial charge in [0.05, 0.1) is 30.4 Å². The Morgan fingerprint density at radius 3 is 2.51 bits per heavy atom. The molecule has 3 aromatic rings. The van der Waals surface area contributed by atoms with Crippen molar-refractivity contribution in [2.24, 2.45) is 5.92 Å². The minimum Gasteiger partial charge on any atom is -0.490 e. The number of fused-ring (bicyclic) bond motifs is 1. The summed E-state index contributed by atoms with van der Waals surface area (Å²) < 4.78 is 12.6. The molecule has 0 spiro atoms. The molecule has 0 aliphatic carbocycles. The number of aliphatic hydroxyl groups is 1. The largest absolute Gasteiger partial charge is 0.490 e. The summed E-state index contributed by atoms with van der Waals surface area (Å²) in [5.74, 6) is -0.549. The number of benzene rings is 2. The number of hydrogen-bond donors (Lipinski definition) is 2. The Kier molecular flexibility index (Phi) is 12.1. The molecule has 10 heteroatoms. The first-order valence-corrected chi connectivity index (χ1v) is 15.5. The lowest BCUT2D eigenvalue weighted by molar-refractivity contribution is -0.0149. The Hall–Kier alpha value is -4.28. The number of nitrogens with one attached hydrogen (secondary N) is 1. The van der Waals surface area contributed by atoms with Gasteiger partial charge in [0, 0.05) is 61.9 Å². The van der Waals surface area contributed by atoms with E-state index in [-0.39, 0.29) is 54.6 Å². The van der Waals surface area contributed by atoms with Gasteiger partial charge >= 0.3 is 0 Å². The van der Waals surface area contributed by atoms with E-state index in [4.69, 9.17) is 9.47 Å². The van der Waals surface area contributed by atoms with E-state index in [9.17, 15) is 19.5 Å². The second kappa shape index (κ2) is 16.2. The summed E-state index contributed by atoms with van der Waals surface area (Å²) in [7, 11) is 1.76. The van der Waals surface area contributed by atoms with Crippen LogP contribution in [0.2, 0.25) is 0 Å². The fourth-order valence-corrected chi connectivity index (χ4v) is 5.32. The molecular weight excluding hydrogens is 572 g/mol. The third-order valence-corrected chi connectivity index (χ3v) is 8.07. The first-order valence-electron chi connectivity index (χ1n) is 15.5. The fraction of sp³-hybridized carbons (Fsp3) is 0.429. The number of carbonyl (C=O) groups excluding carboxylic acids is 3. The number of amides is 3. The van der Waals surface area contributed by atoms with Crippen molar-refractivity contribution < 1.29 is 29.0 Å². The molecule has 2 heterocycles. The van der Waals surface area contributed by atoms with Gasteiger partial charge in [-0.1, -0.05) is 25.1 Å². The van der Waals surface area contributed by atoms with Crippen LogP contribution in [0.1, 0.15) is 71.1 Å². The monoisotopic (exact) mass is 616 g/mol. The van der Waals surface area contributed by atoms with Crippen LogP contribution in [0.25, 0.3) is 0 Å². The van der Waals surface area contributed by atoms with Gasteiger partial charge in [-0.05, 0) is 75.6 Å². The Labute approximate surface area is 265 Å². The van der Waals surface area contributed by atoms with Crippen molar-refractivity contribution in [2.45, 2.75) is 58.3 Å². The highest BCUT2D eigenvalue weighted by atomic mass is 16.5. The third-order valence-electron chi connectivity index (χ3n) is 8.07. The molecule has 0 saturated heterocycles. The summed E-state index contributed by atoms with van der Waals surface area (Å²) in [6.45, 7) is 6.60. The molecule has 2 aromatic carbocycles. The zero-order valence-corrected chi connectivity index (χ0v) is 26.5. The quantitative estimate of drug-likeness (QED) is 0.387. The molecule has 0 radical (unpaired) electrons. The van der Waals surface area contributed by atoms with Gasteiger partial charge in [-0.3, -0.25) is 19.4 Å². The summed E-state index contributed by atoms with van der Waals surface area (Å²) in [5.41, 5.74) is 1.75. The zero-order valence-electron chi connectivity index (χ0n) is 26.5. The maximum atomic E-state index is 14.3. The van der Waals surface area contributed by atoms with E-state index < -0.39 is 6.04 Å². The van der Waals surface area contributed by atoms with Crippen LogP contribution in [0, 0.1) is 5.92 Å². The molecule has 240 valence electrons. The van der Waals surface area contributed by atoms with Crippen LogP contribution in [0.4, 0.5) is 5.69 Å². The van der Waals surface area contributed by atoms with E-state index >= 15 is 0 Å². The first-order chi connectivity index (χ1) is 21.7. The van der Waals surface area contributed by atoms with Crippen molar-refractivity contribution in [2.75, 3.05) is 38.7 Å². The van der Waals surface area contributed by atoms with E-state index in [2.05, 4.69) is 10.3 Å². The molecule has 3 amide bonds. The summed E-state index contributed by atoms with van der Waals surface area (Å²) in [6.07, 6.45) is 4.97. The third kappa shape index (κ3) is 9.12. The van der Waals surface area contributed by atoms with Crippen LogP contribution >= 0.6 is 0 Å². The summed E-state index contributed by atoms with van der Waals surface area (Å²) >= 11 is 0. The van der Waals surface area contributed by atoms with Gasteiger partial charge < -0.3 is 29.7 Å². The van der Waals surface area contributed by atoms with Gasteiger partial charge in [-0.2, -0.15) is 0 Å². The van der Waals surface area contributed by atoms with E-state index in [0.29, 0.717) is 35.7 Å². The van der Waals surface area contributed by atoms with Crippen LogP contribution < -0.4 is 10.1 Å². The van der Waals surface area contributed by atoms with Gasteiger partial charge in [0.2, 0.25) is 0 Å². The van der Waals surface area contributed by atoms with Gasteiger partial charge in [0.25, 0.3) is 17.7 Å². The first kappa shape index (κ1) is 33.6. The second-order valence-electron chi connectivity index (χ2n) is 11.8. The molecule has 45 heavy (non-hydrogen) atoms. The average molecular weight is 617 g/mol. The zero-order chi connectivity index (χ0) is 32.3. The van der Waals surface area contributed by atoms with Crippen molar-refractivity contribution in [1.82, 2.24) is 14.8 Å². The van der Waals surface area contributed by atoms with Crippen LogP contribution in [0.3, 0.4) is 0 Å². The number of hydrogen-bond acceptors (Lipinski definition) is 7. The predicted octanol–water partition coefficient (Wildman–Crippen LogP) is 4.90. The van der Waals surface area contributed by atoms with Crippen molar-refractivity contribution >= 4 is 23.4 Å². The Morgan fingerprint density at radius 1 is 1.07 bits per heavy atom. The van der Waals surface area contributed by atoms with Gasteiger partial charge in [-0.15, -0.1) is 0 Å². The molecule has 10 nitrogen and oxygen atoms in total. The number of nitrogens with zero attached hydrogens (tertiary/aromatic N) is 3. The van der Waals surface area contributed by atoms with Gasteiger partial charge in [0.15, 0.2) is 0 Å². The Bertz CT molecular complexity index is 1420. The molecule has 0 saturated carbocycles. The molecule has 4 rings (SSSR count). The molecule has 1 aromatic heterocycles. The standard InChI is InChI=1S/C35H44N4O6/c1-24-21-39(25(2)23-40)35(43)30-20-29(37-33(41)27-15-17-36-18-16-27)13-14-31(30)45-26(3)10-8-9-19-44-32(24)22-38(4)34(42)28-11-6-5-7-12-28/h5-7,11-18,20,24-26,32,40H,8-10,19,21-23H2,1-4H3,(H,37,41)/t24-,25-,26-,32-/m1/s1. The number of carbonyl (C=O) groups is 3. The topological polar surface area (TPSA) is 121 Å². The van der Waals surface area contributed by atoms with E-state index in [1.54, 1.807) is 78.6 Å². The van der Waals surface area contributed by atoms with Crippen LogP contribution in [-0.4, -0.2) is 89.2 Å². The lowest BCUT2D eigenvalue weighted by Crippen LogP contribution is -2.48. The fourth-order valence-electron chi connectivity index (χ4n) is 5.32. The Balaban J connectivity index is 1.63. The molecule has 2 N–H and O–H groups in total. The summed E-state index contributed by atoms with van der Waals surface area (Å²) in [5, 5.41) is 13.1. The molecule has 0 unspecified atom stereocenters. The highest BCUT2D eigenvalue weighted by molar-refractivity contribution is 6.05. The Morgan fingerprint density at radius 2 is 1.80 bits per heavy atom. The highest BCUT2D eigenvalue weighted by Crippen LogP contribution is 2.29. The number of aliphatic hydroxyl groups excluding tert-OH is 1. The van der Waals surface area contributed by atoms with Crippen molar-refractivity contribution in [3.05, 3.63) is 89.7 Å². The van der Waals surface area contributed by atoms with Crippen LogP contribution in [0.5, 0.6) is 5.75 Å². The molecule has 1 aliphatic heterocycles. The number of likely N-dealkylation sites (N-methyl/N-ethyl adjacent to an activating group) is 1. The summed E-state index contributed by atoms with van der Waals surface area (Å²) in [6, 6.07) is 16.9. The SMILES string of the molecule is C[C@@H]1CCCCO[C@H](CN(C)C(=O)c2ccccc2)[C@H](C)CN([C@H](C)CO)C(=O)c2cc(NC(=O)c3ccncc3)ccc2O1. The van der Waals surface area contributed by atoms with Crippen molar-refractivity contribution in [3.8, 4) is 5.75 Å². The predicted molar refractivity (Wildman–Crippen MR) is 172 cm³/mol. The second-order valence-corrected chi connectivity index (χ2v) is 11.8. The molecule has 1 aliphatic rings. The smallest absolute Gasteiger partial charge is 0.258 e. The molecular formula is C35H44N4O6. The van der Waals surface area contributed by atoms with Gasteiger partial charge in [0.1, 0.15) is 5.75 Å². The van der Waals surface area contributed by atoms with Crippen LogP contribution in [-0.2, 0) is 4.74 Å².